The fourth-order valence-electron chi connectivity index (χ4n) is 3.80. The number of fused-ring (bicyclic) bond motifs is 3. The van der Waals surface area contributed by atoms with E-state index in [1.807, 2.05) is 0 Å². The zero-order valence-corrected chi connectivity index (χ0v) is 8.11. The summed E-state index contributed by atoms with van der Waals surface area (Å²) in [6.07, 6.45) is 4.09. The second-order valence-corrected chi connectivity index (χ2v) is 5.61. The third-order valence-electron chi connectivity index (χ3n) is 4.83. The van der Waals surface area contributed by atoms with Gasteiger partial charge in [0.1, 0.15) is 0 Å². The van der Waals surface area contributed by atoms with Crippen molar-refractivity contribution in [3.63, 3.8) is 0 Å². The average molecular weight is 167 g/mol. The van der Waals surface area contributed by atoms with Crippen LogP contribution in [0.1, 0.15) is 40.0 Å². The minimum Gasteiger partial charge on any atom is -0.273 e. The van der Waals surface area contributed by atoms with Crippen molar-refractivity contribution in [3.05, 3.63) is 0 Å². The van der Waals surface area contributed by atoms with Gasteiger partial charge in [0, 0.05) is 10.8 Å². The lowest BCUT2D eigenvalue weighted by atomic mass is 9.67. The number of nitrogens with one attached hydrogen (secondary N) is 1. The van der Waals surface area contributed by atoms with Crippen molar-refractivity contribution in [1.29, 1.82) is 0 Å². The van der Waals surface area contributed by atoms with Crippen LogP contribution in [0.25, 0.3) is 0 Å². The Morgan fingerprint density at radius 1 is 1.33 bits per heavy atom. The number of rotatable bonds is 0. The maximum atomic E-state index is 5.56. The van der Waals surface area contributed by atoms with Crippen molar-refractivity contribution >= 4 is 0 Å². The highest BCUT2D eigenvalue weighted by molar-refractivity contribution is 5.20. The lowest BCUT2D eigenvalue weighted by molar-refractivity contribution is 0.0304. The average Bonchev–Trinajstić information content (AvgIpc) is 2.68. The summed E-state index contributed by atoms with van der Waals surface area (Å²) in [7, 11) is 0. The Hall–Kier alpha value is -0.0800. The van der Waals surface area contributed by atoms with Gasteiger partial charge in [-0.1, -0.05) is 20.8 Å². The van der Waals surface area contributed by atoms with Crippen LogP contribution >= 0.6 is 0 Å². The molecule has 3 rings (SSSR count). The Morgan fingerprint density at radius 3 is 2.33 bits per heavy atom. The molecule has 1 heterocycles. The van der Waals surface area contributed by atoms with Crippen molar-refractivity contribution in [2.45, 2.75) is 45.8 Å². The minimum absolute atomic E-state index is 0.0446. The van der Waals surface area contributed by atoms with Crippen LogP contribution in [-0.4, -0.2) is 5.72 Å². The molecule has 1 N–H and O–H groups in total. The van der Waals surface area contributed by atoms with Crippen LogP contribution in [0.3, 0.4) is 0 Å². The highest BCUT2D eigenvalue weighted by Crippen LogP contribution is 2.71. The molecule has 0 aromatic rings. The maximum Gasteiger partial charge on any atom is 0.172 e. The van der Waals surface area contributed by atoms with E-state index in [1.165, 1.54) is 19.3 Å². The molecule has 0 amide bonds. The lowest BCUT2D eigenvalue weighted by Crippen LogP contribution is -2.46. The van der Waals surface area contributed by atoms with Gasteiger partial charge in [0.15, 0.2) is 5.72 Å². The molecule has 3 atom stereocenters. The Bertz CT molecular complexity index is 237. The molecule has 2 saturated carbocycles. The summed E-state index contributed by atoms with van der Waals surface area (Å²) in [5.41, 5.74) is 3.98. The van der Waals surface area contributed by atoms with Crippen LogP contribution < -0.4 is 5.48 Å². The van der Waals surface area contributed by atoms with Gasteiger partial charge in [0.2, 0.25) is 0 Å². The van der Waals surface area contributed by atoms with Crippen LogP contribution in [0.4, 0.5) is 0 Å². The molecule has 2 bridgehead atoms. The van der Waals surface area contributed by atoms with Gasteiger partial charge in [-0.3, -0.25) is 4.84 Å². The predicted molar refractivity (Wildman–Crippen MR) is 46.2 cm³/mol. The molecule has 68 valence electrons. The molecule has 2 nitrogen and oxygen atoms in total. The van der Waals surface area contributed by atoms with Gasteiger partial charge in [-0.15, -0.1) is 0 Å². The van der Waals surface area contributed by atoms with E-state index in [1.54, 1.807) is 0 Å². The predicted octanol–water partition coefficient (Wildman–Crippen LogP) is 2.06. The van der Waals surface area contributed by atoms with Gasteiger partial charge in [-0.05, 0) is 25.2 Å². The summed E-state index contributed by atoms with van der Waals surface area (Å²) in [5, 5.41) is 0. The summed E-state index contributed by atoms with van der Waals surface area (Å²) in [6.45, 7) is 7.08. The fourth-order valence-corrected chi connectivity index (χ4v) is 3.80. The van der Waals surface area contributed by atoms with Crippen molar-refractivity contribution in [1.82, 2.24) is 5.48 Å². The molecule has 1 saturated heterocycles. The standard InChI is InChI=1S/C10H17NO/c1-8(2)7-4-5-9(3,6-7)10(8)11-12-10/h7,11H,4-6H2,1-3H3/t7-,9-,10+/m1/s1. The van der Waals surface area contributed by atoms with Crippen molar-refractivity contribution < 1.29 is 4.84 Å². The molecule has 3 aliphatic rings. The molecule has 1 aliphatic heterocycles. The van der Waals surface area contributed by atoms with E-state index in [-0.39, 0.29) is 5.72 Å². The van der Waals surface area contributed by atoms with Crippen LogP contribution in [0, 0.1) is 16.7 Å². The first-order valence-electron chi connectivity index (χ1n) is 4.97. The monoisotopic (exact) mass is 167 g/mol. The van der Waals surface area contributed by atoms with Gasteiger partial charge >= 0.3 is 0 Å². The summed E-state index contributed by atoms with van der Waals surface area (Å²) in [6, 6.07) is 0. The van der Waals surface area contributed by atoms with Gasteiger partial charge in [0.05, 0.1) is 0 Å². The second-order valence-electron chi connectivity index (χ2n) is 5.61. The molecule has 1 spiro atoms. The van der Waals surface area contributed by atoms with E-state index in [2.05, 4.69) is 26.3 Å². The van der Waals surface area contributed by atoms with E-state index in [9.17, 15) is 0 Å². The molecule has 0 aromatic carbocycles. The van der Waals surface area contributed by atoms with E-state index >= 15 is 0 Å². The van der Waals surface area contributed by atoms with Gasteiger partial charge in [0.25, 0.3) is 0 Å². The first-order chi connectivity index (χ1) is 5.52. The summed E-state index contributed by atoms with van der Waals surface area (Å²) in [5.74, 6) is 0.873. The summed E-state index contributed by atoms with van der Waals surface area (Å²) in [4.78, 5) is 5.56. The Labute approximate surface area is 73.6 Å². The van der Waals surface area contributed by atoms with Crippen LogP contribution in [-0.2, 0) is 4.84 Å². The maximum absolute atomic E-state index is 5.56. The lowest BCUT2D eigenvalue weighted by Gasteiger charge is -2.38. The van der Waals surface area contributed by atoms with Crippen LogP contribution in [0.15, 0.2) is 0 Å². The topological polar surface area (TPSA) is 34.5 Å². The van der Waals surface area contributed by atoms with E-state index in [0.29, 0.717) is 10.8 Å². The van der Waals surface area contributed by atoms with Gasteiger partial charge < -0.3 is 0 Å². The van der Waals surface area contributed by atoms with Gasteiger partial charge in [-0.2, -0.15) is 5.48 Å². The molecule has 3 fully saturated rings. The molecular weight excluding hydrogens is 150 g/mol. The van der Waals surface area contributed by atoms with Crippen molar-refractivity contribution in [2.24, 2.45) is 16.7 Å². The minimum atomic E-state index is 0.0446. The van der Waals surface area contributed by atoms with Crippen LogP contribution in [0.5, 0.6) is 0 Å². The molecule has 12 heavy (non-hydrogen) atoms. The quantitative estimate of drug-likeness (QED) is 0.560. The third-order valence-corrected chi connectivity index (χ3v) is 4.83. The van der Waals surface area contributed by atoms with Crippen LogP contribution in [0.2, 0.25) is 0 Å². The number of hydrogen-bond acceptors (Lipinski definition) is 2. The Balaban J connectivity index is 2.11. The summed E-state index contributed by atoms with van der Waals surface area (Å²) >= 11 is 0. The molecule has 0 unspecified atom stereocenters. The highest BCUT2D eigenvalue weighted by atomic mass is 16.8. The smallest absolute Gasteiger partial charge is 0.172 e. The number of hydrogen-bond donors (Lipinski definition) is 1. The Kier molecular flexibility index (Phi) is 0.978. The molecule has 0 aromatic heterocycles. The highest BCUT2D eigenvalue weighted by Gasteiger charge is 2.77. The molecule has 0 radical (unpaired) electrons. The van der Waals surface area contributed by atoms with E-state index in [0.717, 1.165) is 5.92 Å². The van der Waals surface area contributed by atoms with Gasteiger partial charge in [-0.25, -0.2) is 0 Å². The third kappa shape index (κ3) is 0.495. The summed E-state index contributed by atoms with van der Waals surface area (Å²) < 4.78 is 0. The first kappa shape index (κ1) is 7.34. The van der Waals surface area contributed by atoms with E-state index < -0.39 is 0 Å². The number of hydroxylamine groups is 1. The van der Waals surface area contributed by atoms with Crippen molar-refractivity contribution in [3.8, 4) is 0 Å². The zero-order valence-electron chi connectivity index (χ0n) is 8.11. The molecular formula is C10H17NO. The largest absolute Gasteiger partial charge is 0.273 e. The second kappa shape index (κ2) is 1.60. The molecule has 2 aliphatic carbocycles. The SMILES string of the molecule is CC1(C)[C@@H]2CC[C@](C)(C2)[C@]12NO2. The van der Waals surface area contributed by atoms with Crippen molar-refractivity contribution in [2.75, 3.05) is 0 Å². The zero-order chi connectivity index (χ0) is 8.61. The Morgan fingerprint density at radius 2 is 2.00 bits per heavy atom. The first-order valence-corrected chi connectivity index (χ1v) is 4.97. The fraction of sp³-hybridized carbons (Fsp3) is 1.00. The normalized spacial score (nSPS) is 59.8. The van der Waals surface area contributed by atoms with E-state index in [4.69, 9.17) is 4.84 Å². The molecule has 2 heteroatoms.